The van der Waals surface area contributed by atoms with Crippen molar-refractivity contribution in [3.05, 3.63) is 59.7 Å². The minimum Gasteiger partial charge on any atom is -0.481 e. The highest BCUT2D eigenvalue weighted by atomic mass is 16.4. The number of rotatable bonds is 6. The first-order chi connectivity index (χ1) is 12.8. The summed E-state index contributed by atoms with van der Waals surface area (Å²) < 4.78 is 0. The summed E-state index contributed by atoms with van der Waals surface area (Å²) in [6.07, 6.45) is 0. The van der Waals surface area contributed by atoms with E-state index in [4.69, 9.17) is 5.11 Å². The highest BCUT2D eigenvalue weighted by molar-refractivity contribution is 6.04. The molecule has 0 saturated heterocycles. The van der Waals surface area contributed by atoms with Gasteiger partial charge in [-0.05, 0) is 62.7 Å². The molecule has 0 fully saturated rings. The van der Waals surface area contributed by atoms with Gasteiger partial charge >= 0.3 is 12.0 Å². The lowest BCUT2D eigenvalue weighted by molar-refractivity contribution is -0.138. The number of carboxylic acid groups (broad SMARTS) is 1. The second-order valence-electron chi connectivity index (χ2n) is 6.47. The monoisotopic (exact) mass is 369 g/mol. The molecule has 0 bridgehead atoms. The maximum absolute atomic E-state index is 12.3. The Balaban J connectivity index is 1.97. The van der Waals surface area contributed by atoms with E-state index in [0.29, 0.717) is 22.5 Å². The Morgan fingerprint density at radius 2 is 1.33 bits per heavy atom. The second-order valence-corrected chi connectivity index (χ2v) is 6.47. The molecule has 0 radical (unpaired) electrons. The molecule has 4 N–H and O–H groups in total. The molecule has 1 unspecified atom stereocenters. The molecule has 0 saturated carbocycles. The lowest BCUT2D eigenvalue weighted by atomic mass is 10.0. The summed E-state index contributed by atoms with van der Waals surface area (Å²) in [6.45, 7) is 5.33. The van der Waals surface area contributed by atoms with E-state index < -0.39 is 11.9 Å². The molecule has 2 aromatic rings. The van der Waals surface area contributed by atoms with Crippen molar-refractivity contribution < 1.29 is 19.5 Å². The minimum absolute atomic E-state index is 0.0277. The molecule has 0 heterocycles. The Bertz CT molecular complexity index is 814. The maximum Gasteiger partial charge on any atom is 0.319 e. The van der Waals surface area contributed by atoms with Gasteiger partial charge in [-0.25, -0.2) is 4.79 Å². The average molecular weight is 369 g/mol. The quantitative estimate of drug-likeness (QED) is 0.623. The van der Waals surface area contributed by atoms with Crippen LogP contribution >= 0.6 is 0 Å². The van der Waals surface area contributed by atoms with Crippen LogP contribution in [-0.2, 0) is 4.79 Å². The fourth-order valence-electron chi connectivity index (χ4n) is 2.34. The summed E-state index contributed by atoms with van der Waals surface area (Å²) in [6, 6.07) is 12.9. The van der Waals surface area contributed by atoms with Gasteiger partial charge in [0.05, 0.1) is 5.92 Å². The van der Waals surface area contributed by atoms with Gasteiger partial charge < -0.3 is 21.1 Å². The number of carbonyl (C=O) groups excluding carboxylic acids is 2. The fourth-order valence-corrected chi connectivity index (χ4v) is 2.34. The van der Waals surface area contributed by atoms with Crippen LogP contribution in [0.5, 0.6) is 0 Å². The van der Waals surface area contributed by atoms with Crippen LogP contribution in [0.1, 0.15) is 42.6 Å². The van der Waals surface area contributed by atoms with Gasteiger partial charge in [-0.2, -0.15) is 0 Å². The van der Waals surface area contributed by atoms with E-state index in [-0.39, 0.29) is 18.0 Å². The van der Waals surface area contributed by atoms with Crippen molar-refractivity contribution in [2.24, 2.45) is 0 Å². The number of hydrogen-bond donors (Lipinski definition) is 4. The molecule has 0 spiro atoms. The molecule has 0 aliphatic carbocycles. The first kappa shape index (κ1) is 20.0. The topological polar surface area (TPSA) is 108 Å². The Hall–Kier alpha value is -3.35. The summed E-state index contributed by atoms with van der Waals surface area (Å²) in [4.78, 5) is 35.0. The molecule has 0 aliphatic heterocycles. The van der Waals surface area contributed by atoms with E-state index >= 15 is 0 Å². The van der Waals surface area contributed by atoms with Crippen molar-refractivity contribution in [1.82, 2.24) is 5.32 Å². The van der Waals surface area contributed by atoms with Gasteiger partial charge in [-0.1, -0.05) is 12.1 Å². The molecule has 0 aliphatic rings. The average Bonchev–Trinajstić information content (AvgIpc) is 2.61. The number of amides is 3. The van der Waals surface area contributed by atoms with E-state index in [1.807, 2.05) is 13.8 Å². The third-order valence-corrected chi connectivity index (χ3v) is 3.86. The van der Waals surface area contributed by atoms with Crippen LogP contribution in [0.15, 0.2) is 48.5 Å². The largest absolute Gasteiger partial charge is 0.481 e. The predicted molar refractivity (Wildman–Crippen MR) is 104 cm³/mol. The fraction of sp³-hybridized carbons (Fsp3) is 0.250. The molecular weight excluding hydrogens is 346 g/mol. The molecule has 2 aromatic carbocycles. The zero-order valence-corrected chi connectivity index (χ0v) is 15.4. The summed E-state index contributed by atoms with van der Waals surface area (Å²) in [5, 5.41) is 17.2. The standard InChI is InChI=1S/C20H23N3O4/c1-12(2)21-20(27)23-17-10-6-15(7-11-17)18(24)22-16-8-4-14(5-9-16)13(3)19(25)26/h4-13H,1-3H3,(H,22,24)(H,25,26)(H2,21,23,27). The van der Waals surface area contributed by atoms with Crippen LogP contribution in [0.4, 0.5) is 16.2 Å². The maximum atomic E-state index is 12.3. The number of carbonyl (C=O) groups is 3. The smallest absolute Gasteiger partial charge is 0.319 e. The first-order valence-corrected chi connectivity index (χ1v) is 8.58. The van der Waals surface area contributed by atoms with Gasteiger partial charge in [0, 0.05) is 23.0 Å². The Kier molecular flexibility index (Phi) is 6.54. The lowest BCUT2D eigenvalue weighted by Crippen LogP contribution is -2.34. The third-order valence-electron chi connectivity index (χ3n) is 3.86. The van der Waals surface area contributed by atoms with Crippen LogP contribution in [0, 0.1) is 0 Å². The molecule has 7 nitrogen and oxygen atoms in total. The summed E-state index contributed by atoms with van der Waals surface area (Å²) >= 11 is 0. The molecule has 3 amide bonds. The first-order valence-electron chi connectivity index (χ1n) is 8.58. The SMILES string of the molecule is CC(C)NC(=O)Nc1ccc(C(=O)Nc2ccc(C(C)C(=O)O)cc2)cc1. The number of benzene rings is 2. The van der Waals surface area contributed by atoms with E-state index in [0.717, 1.165) is 0 Å². The number of carboxylic acids is 1. The van der Waals surface area contributed by atoms with E-state index in [1.165, 1.54) is 0 Å². The number of anilines is 2. The molecule has 142 valence electrons. The summed E-state index contributed by atoms with van der Waals surface area (Å²) in [7, 11) is 0. The van der Waals surface area contributed by atoms with Gasteiger partial charge in [0.2, 0.25) is 0 Å². The van der Waals surface area contributed by atoms with E-state index in [2.05, 4.69) is 16.0 Å². The Morgan fingerprint density at radius 1 is 0.815 bits per heavy atom. The molecule has 7 heteroatoms. The molecule has 0 aromatic heterocycles. The molecule has 2 rings (SSSR count). The predicted octanol–water partition coefficient (Wildman–Crippen LogP) is 3.66. The van der Waals surface area contributed by atoms with E-state index in [9.17, 15) is 14.4 Å². The molecule has 1 atom stereocenters. The van der Waals surface area contributed by atoms with Crippen LogP contribution in [-0.4, -0.2) is 29.1 Å². The van der Waals surface area contributed by atoms with Crippen molar-refractivity contribution in [1.29, 1.82) is 0 Å². The summed E-state index contributed by atoms with van der Waals surface area (Å²) in [5.74, 6) is -1.81. The summed E-state index contributed by atoms with van der Waals surface area (Å²) in [5.41, 5.74) is 2.25. The second kappa shape index (κ2) is 8.84. The van der Waals surface area contributed by atoms with Gasteiger partial charge in [0.15, 0.2) is 0 Å². The molecule has 27 heavy (non-hydrogen) atoms. The lowest BCUT2D eigenvalue weighted by Gasteiger charge is -2.11. The van der Waals surface area contributed by atoms with Crippen LogP contribution < -0.4 is 16.0 Å². The highest BCUT2D eigenvalue weighted by Gasteiger charge is 2.13. The normalized spacial score (nSPS) is 11.6. The van der Waals surface area contributed by atoms with Gasteiger partial charge in [0.1, 0.15) is 0 Å². The Labute approximate surface area is 157 Å². The van der Waals surface area contributed by atoms with Crippen molar-refractivity contribution in [3.63, 3.8) is 0 Å². The minimum atomic E-state index is -0.900. The number of urea groups is 1. The molecular formula is C20H23N3O4. The number of aliphatic carboxylic acids is 1. The van der Waals surface area contributed by atoms with Crippen molar-refractivity contribution in [2.45, 2.75) is 32.7 Å². The highest BCUT2D eigenvalue weighted by Crippen LogP contribution is 2.19. The third kappa shape index (κ3) is 5.85. The van der Waals surface area contributed by atoms with Crippen molar-refractivity contribution >= 4 is 29.3 Å². The van der Waals surface area contributed by atoms with Crippen LogP contribution in [0.2, 0.25) is 0 Å². The zero-order chi connectivity index (χ0) is 20.0. The number of nitrogens with one attached hydrogen (secondary N) is 3. The van der Waals surface area contributed by atoms with Crippen LogP contribution in [0.25, 0.3) is 0 Å². The van der Waals surface area contributed by atoms with Gasteiger partial charge in [0.25, 0.3) is 5.91 Å². The zero-order valence-electron chi connectivity index (χ0n) is 15.4. The number of hydrogen-bond acceptors (Lipinski definition) is 3. The van der Waals surface area contributed by atoms with Crippen LogP contribution in [0.3, 0.4) is 0 Å². The van der Waals surface area contributed by atoms with Crippen molar-refractivity contribution in [3.8, 4) is 0 Å². The van der Waals surface area contributed by atoms with Gasteiger partial charge in [-0.3, -0.25) is 9.59 Å². The van der Waals surface area contributed by atoms with E-state index in [1.54, 1.807) is 55.5 Å². The Morgan fingerprint density at radius 3 is 1.85 bits per heavy atom. The van der Waals surface area contributed by atoms with Crippen molar-refractivity contribution in [2.75, 3.05) is 10.6 Å². The van der Waals surface area contributed by atoms with Gasteiger partial charge in [-0.15, -0.1) is 0 Å².